The molecule has 4 aliphatic rings. The first kappa shape index (κ1) is 113. The molecule has 120 heavy (non-hydrogen) atoms. The van der Waals surface area contributed by atoms with Gasteiger partial charge in [-0.25, -0.2) is 0 Å². The standard InChI is InChI=1S/C34H66N2O8.C33H65N3O6.C27H51NO6/c1-15-24-34(12,40)29(37)22(5)36(13)18-19(2)16-32(10,39)27(31(7,8)9)20(3)26(21(4)30(38)43-24)44-25-17-33(11,41-14)28(35)23(6)42-25;1-14-26-33(10,40)29(38)25(5)36(13)21-22(2)20-32(9,41-19-17-34-16-15-18-35(11)12)28(31(6,7)8)23(3)27(37)24(4)30(39)42-26;1-13-20-27(10,32)23(30)19(5)28(11)15-16(2)14-26(9,33-12)22(25(6,7)8)17(3)21(29)18(4)24(31)34-20/h19-29,37,39-40H,15-18,35H2,1-14H3;22-26,28-29,34,38,40H,14-21H2,1-13H3;16-20,22-23,30,32H,13-15H2,1-12H3/t19-,20+,21-,22-,23+,24-,25+,26+,27+,28+,29-,32-,33-,34-;22-,23+,24-,25-,26-,28+,29-,32-,33-;16-,17+,18-,19-,20-,22+,23-,26-,27-/m111/s1. The van der Waals surface area contributed by atoms with Crippen molar-refractivity contribution in [2.24, 2.45) is 93.0 Å². The summed E-state index contributed by atoms with van der Waals surface area (Å²) in [4.78, 5) is 76.2. The first-order valence-corrected chi connectivity index (χ1v) is 45.4. The number of hydrogen-bond donors (Lipinski definition) is 9. The Kier molecular flexibility index (Phi) is 43.2. The number of carbonyl (C=O) groups excluding carboxylic acids is 5. The fourth-order valence-corrected chi connectivity index (χ4v) is 22.2. The smallest absolute Gasteiger partial charge is 0.316 e. The van der Waals surface area contributed by atoms with Crippen LogP contribution in [0.15, 0.2) is 0 Å². The van der Waals surface area contributed by atoms with E-state index in [2.05, 4.69) is 121 Å². The van der Waals surface area contributed by atoms with Gasteiger partial charge < -0.3 is 104 Å². The molecule has 4 heterocycles. The first-order chi connectivity index (χ1) is 54.5. The molecule has 26 heteroatoms. The molecule has 708 valence electrons. The molecule has 0 radical (unpaired) electrons. The molecule has 4 saturated heterocycles. The van der Waals surface area contributed by atoms with Gasteiger partial charge >= 0.3 is 17.9 Å². The molecular weight excluding hydrogens is 1530 g/mol. The minimum Gasteiger partial charge on any atom is -0.459 e. The quantitative estimate of drug-likeness (QED) is 0.0318. The highest BCUT2D eigenvalue weighted by molar-refractivity contribution is 6.00. The number of aliphatic hydroxyl groups is 7. The second kappa shape index (κ2) is 45.8. The third-order valence-electron chi connectivity index (χ3n) is 28.4. The van der Waals surface area contributed by atoms with Crippen LogP contribution in [-0.2, 0) is 61.9 Å². The number of ketones is 2. The van der Waals surface area contributed by atoms with E-state index in [-0.39, 0.29) is 87.4 Å². The number of aliphatic hydroxyl groups excluding tert-OH is 3. The molecule has 4 rings (SSSR count). The number of nitrogens with two attached hydrogens (primary N) is 1. The van der Waals surface area contributed by atoms with Crippen molar-refractivity contribution in [2.75, 3.05) is 95.3 Å². The van der Waals surface area contributed by atoms with E-state index in [1.807, 2.05) is 105 Å². The van der Waals surface area contributed by atoms with Crippen LogP contribution in [0.4, 0.5) is 0 Å². The van der Waals surface area contributed by atoms with E-state index < -0.39 is 148 Å². The lowest BCUT2D eigenvalue weighted by molar-refractivity contribution is -0.276. The van der Waals surface area contributed by atoms with Gasteiger partial charge in [-0.2, -0.15) is 0 Å². The molecule has 32 atom stereocenters. The number of cyclic esters (lactones) is 3. The van der Waals surface area contributed by atoms with Crippen LogP contribution >= 0.6 is 0 Å². The summed E-state index contributed by atoms with van der Waals surface area (Å²) in [7, 11) is 13.2. The topological polar surface area (TPSA) is 352 Å². The Morgan fingerprint density at radius 2 is 0.833 bits per heavy atom. The Balaban J connectivity index is 0.000000615. The average molecular weight is 1720 g/mol. The van der Waals surface area contributed by atoms with Crippen LogP contribution in [0.25, 0.3) is 0 Å². The molecule has 0 aromatic rings. The van der Waals surface area contributed by atoms with Gasteiger partial charge in [0.05, 0.1) is 53.2 Å². The highest BCUT2D eigenvalue weighted by atomic mass is 16.7. The molecule has 0 bridgehead atoms. The fourth-order valence-electron chi connectivity index (χ4n) is 22.2. The monoisotopic (exact) mass is 1720 g/mol. The largest absolute Gasteiger partial charge is 0.459 e. The van der Waals surface area contributed by atoms with E-state index >= 15 is 0 Å². The molecular formula is C94H182N6O20. The zero-order valence-electron chi connectivity index (χ0n) is 82.8. The van der Waals surface area contributed by atoms with Gasteiger partial charge in [0, 0.05) is 88.6 Å². The summed E-state index contributed by atoms with van der Waals surface area (Å²) in [6.45, 7) is 66.7. The van der Waals surface area contributed by atoms with E-state index in [9.17, 15) is 59.7 Å². The number of Topliss-reactive ketones (excluding diaryl/α,β-unsaturated/α-hetero) is 2. The number of esters is 3. The normalized spacial score (nSPS) is 42.5. The Morgan fingerprint density at radius 3 is 1.18 bits per heavy atom. The van der Waals surface area contributed by atoms with E-state index in [0.717, 1.165) is 19.5 Å². The summed E-state index contributed by atoms with van der Waals surface area (Å²) in [5, 5.41) is 83.8. The van der Waals surface area contributed by atoms with E-state index in [1.54, 1.807) is 48.8 Å². The van der Waals surface area contributed by atoms with Crippen molar-refractivity contribution in [3.05, 3.63) is 0 Å². The zero-order valence-corrected chi connectivity index (χ0v) is 82.8. The molecule has 26 nitrogen and oxygen atoms in total. The molecule has 0 unspecified atom stereocenters. The predicted molar refractivity (Wildman–Crippen MR) is 476 cm³/mol. The van der Waals surface area contributed by atoms with Crippen molar-refractivity contribution in [3.8, 4) is 0 Å². The Hall–Kier alpha value is -2.97. The van der Waals surface area contributed by atoms with Gasteiger partial charge in [0.1, 0.15) is 76.8 Å². The highest BCUT2D eigenvalue weighted by Crippen LogP contribution is 2.51. The number of rotatable bonds is 15. The van der Waals surface area contributed by atoms with Gasteiger partial charge in [-0.15, -0.1) is 0 Å². The summed E-state index contributed by atoms with van der Waals surface area (Å²) in [6.07, 6.45) is -3.98. The lowest BCUT2D eigenvalue weighted by atomic mass is 9.61. The van der Waals surface area contributed by atoms with Crippen molar-refractivity contribution in [1.29, 1.82) is 0 Å². The third kappa shape index (κ3) is 29.3. The van der Waals surface area contributed by atoms with Crippen LogP contribution in [0.2, 0.25) is 0 Å². The van der Waals surface area contributed by atoms with Crippen molar-refractivity contribution in [1.82, 2.24) is 24.9 Å². The number of likely N-dealkylation sites (N-methyl/N-ethyl adjacent to an activating group) is 3. The number of nitrogens with zero attached hydrogens (tertiary/aromatic N) is 4. The highest BCUT2D eigenvalue weighted by Gasteiger charge is 2.57. The van der Waals surface area contributed by atoms with Crippen LogP contribution in [-0.4, -0.2) is 299 Å². The molecule has 0 aliphatic carbocycles. The van der Waals surface area contributed by atoms with E-state index in [0.29, 0.717) is 77.7 Å². The summed E-state index contributed by atoms with van der Waals surface area (Å²) in [5.41, 5.74) is -2.67. The SMILES string of the molecule is CC[C@H]1OC(=O)[C@H](C)C(=O)[C@H](C)[C@@H](C(C)(C)C)[C@](C)(OC)C[C@@H](C)CN(C)[C@H](C)[C@@H](O)[C@]1(C)O.CC[C@H]1OC(=O)[C@H](C)C(=O)[C@H](C)[C@@H](C(C)(C)C)[C@](C)(OCCNCCCN(C)C)C[C@@H](C)CN(C)[C@H](C)[C@@H](O)[C@]1(C)O.CC[C@H]1OC(=O)[C@H](C)[C@@H](O[C@H]2C[C@@](C)(OC)[C@@H](N)[C@H](C)O2)[C@H](C)[C@@H](C(C)(C)C)[C@](C)(O)C[C@@H](C)CN(C)[C@H](C)[C@@H](O)[C@]1(C)O. The predicted octanol–water partition coefficient (Wildman–Crippen LogP) is 11.0. The second-order valence-electron chi connectivity index (χ2n) is 43.0. The number of nitrogens with one attached hydrogen (secondary N) is 1. The van der Waals surface area contributed by atoms with Crippen LogP contribution < -0.4 is 11.1 Å². The van der Waals surface area contributed by atoms with Gasteiger partial charge in [0.15, 0.2) is 6.29 Å². The summed E-state index contributed by atoms with van der Waals surface area (Å²) < 4.78 is 49.2. The first-order valence-electron chi connectivity index (χ1n) is 45.4. The summed E-state index contributed by atoms with van der Waals surface area (Å²) in [5.74, 6) is -6.59. The molecule has 0 spiro atoms. The zero-order chi connectivity index (χ0) is 93.6. The van der Waals surface area contributed by atoms with Crippen molar-refractivity contribution >= 4 is 29.5 Å². The van der Waals surface area contributed by atoms with Gasteiger partial charge in [0.25, 0.3) is 0 Å². The number of hydrogen-bond acceptors (Lipinski definition) is 26. The van der Waals surface area contributed by atoms with Crippen LogP contribution in [0.5, 0.6) is 0 Å². The van der Waals surface area contributed by atoms with Gasteiger partial charge in [-0.1, -0.05) is 125 Å². The molecule has 0 amide bonds. The second-order valence-corrected chi connectivity index (χ2v) is 43.0. The molecule has 10 N–H and O–H groups in total. The summed E-state index contributed by atoms with van der Waals surface area (Å²) in [6, 6.07) is -1.60. The lowest BCUT2D eigenvalue weighted by Crippen LogP contribution is -2.61. The maximum atomic E-state index is 14.0. The minimum atomic E-state index is -1.71. The molecule has 4 fully saturated rings. The van der Waals surface area contributed by atoms with Crippen LogP contribution in [0, 0.1) is 87.3 Å². The molecule has 4 aliphatic heterocycles. The maximum absolute atomic E-state index is 14.0. The Morgan fingerprint density at radius 1 is 0.492 bits per heavy atom. The Bertz CT molecular complexity index is 3120. The Labute approximate surface area is 728 Å². The number of ether oxygens (including phenoxy) is 8. The van der Waals surface area contributed by atoms with Crippen molar-refractivity contribution in [3.63, 3.8) is 0 Å². The summed E-state index contributed by atoms with van der Waals surface area (Å²) >= 11 is 0. The minimum absolute atomic E-state index is 0.0554. The average Bonchev–Trinajstić information content (AvgIpc) is 0.934. The van der Waals surface area contributed by atoms with Crippen LogP contribution in [0.3, 0.4) is 0 Å². The van der Waals surface area contributed by atoms with Crippen molar-refractivity contribution < 1.29 is 97.6 Å². The molecule has 0 aromatic heterocycles. The number of carbonyl (C=O) groups is 5. The van der Waals surface area contributed by atoms with E-state index in [1.165, 1.54) is 20.8 Å². The maximum Gasteiger partial charge on any atom is 0.316 e. The lowest BCUT2D eigenvalue weighted by Gasteiger charge is -2.50. The third-order valence-corrected chi connectivity index (χ3v) is 28.4. The van der Waals surface area contributed by atoms with Gasteiger partial charge in [0.2, 0.25) is 0 Å². The number of methoxy groups -OCH3 is 2. The van der Waals surface area contributed by atoms with Gasteiger partial charge in [-0.3, -0.25) is 24.0 Å². The van der Waals surface area contributed by atoms with Crippen LogP contribution in [0.1, 0.15) is 273 Å². The van der Waals surface area contributed by atoms with Gasteiger partial charge in [-0.05, 0) is 236 Å². The molecule has 0 saturated carbocycles. The molecule has 0 aromatic carbocycles. The fraction of sp³-hybridized carbons (Fsp3) is 0.947. The van der Waals surface area contributed by atoms with E-state index in [4.69, 9.17) is 43.6 Å². The van der Waals surface area contributed by atoms with Crippen molar-refractivity contribution in [2.45, 2.75) is 391 Å².